The van der Waals surface area contributed by atoms with Gasteiger partial charge in [0.2, 0.25) is 5.91 Å². The zero-order valence-corrected chi connectivity index (χ0v) is 14.3. The molecule has 0 saturated carbocycles. The van der Waals surface area contributed by atoms with E-state index in [2.05, 4.69) is 11.1 Å². The second-order valence-corrected chi connectivity index (χ2v) is 6.67. The third-order valence-corrected chi connectivity index (χ3v) is 5.22. The van der Waals surface area contributed by atoms with Gasteiger partial charge in [-0.15, -0.1) is 0 Å². The van der Waals surface area contributed by atoms with E-state index in [0.717, 1.165) is 29.2 Å². The van der Waals surface area contributed by atoms with Crippen molar-refractivity contribution in [2.75, 3.05) is 36.0 Å². The number of carbonyl (C=O) groups is 2. The highest BCUT2D eigenvalue weighted by molar-refractivity contribution is 6.21. The highest BCUT2D eigenvalue weighted by Gasteiger charge is 2.38. The van der Waals surface area contributed by atoms with Crippen molar-refractivity contribution in [2.45, 2.75) is 6.42 Å². The van der Waals surface area contributed by atoms with E-state index in [9.17, 15) is 9.59 Å². The summed E-state index contributed by atoms with van der Waals surface area (Å²) in [5.41, 5.74) is 3.81. The van der Waals surface area contributed by atoms with Gasteiger partial charge in [-0.2, -0.15) is 0 Å². The number of para-hydroxylation sites is 2. The summed E-state index contributed by atoms with van der Waals surface area (Å²) in [6.45, 7) is 1.88. The first-order valence-corrected chi connectivity index (χ1v) is 8.85. The molecule has 3 amide bonds. The number of urea groups is 1. The van der Waals surface area contributed by atoms with Crippen LogP contribution in [-0.2, 0) is 11.2 Å². The molecule has 0 aromatic heterocycles. The molecule has 0 unspecified atom stereocenters. The quantitative estimate of drug-likeness (QED) is 0.838. The van der Waals surface area contributed by atoms with Crippen LogP contribution < -0.4 is 9.80 Å². The van der Waals surface area contributed by atoms with Crippen molar-refractivity contribution in [3.05, 3.63) is 59.7 Å². The van der Waals surface area contributed by atoms with Crippen molar-refractivity contribution in [3.63, 3.8) is 0 Å². The summed E-state index contributed by atoms with van der Waals surface area (Å²) in [5, 5.41) is 0. The molecule has 2 aromatic rings. The van der Waals surface area contributed by atoms with E-state index in [1.54, 1.807) is 14.7 Å². The number of fused-ring (bicyclic) bond motifs is 4. The Morgan fingerprint density at radius 1 is 1.00 bits per heavy atom. The van der Waals surface area contributed by atoms with Gasteiger partial charge in [0.1, 0.15) is 12.4 Å². The topological polar surface area (TPSA) is 56.2 Å². The van der Waals surface area contributed by atoms with Gasteiger partial charge in [-0.1, -0.05) is 30.3 Å². The fraction of sp³-hybridized carbons (Fsp3) is 0.250. The van der Waals surface area contributed by atoms with Crippen LogP contribution in [0, 0.1) is 0 Å². The van der Waals surface area contributed by atoms with Gasteiger partial charge in [0, 0.05) is 24.3 Å². The van der Waals surface area contributed by atoms with Crippen molar-refractivity contribution in [1.82, 2.24) is 4.90 Å². The summed E-state index contributed by atoms with van der Waals surface area (Å²) in [5.74, 6) is 0.665. The SMILES string of the molecule is O=C(CN1C(=O)N2CCN=C2c2ccccc21)N1CCc2ccccc21. The summed E-state index contributed by atoms with van der Waals surface area (Å²) >= 11 is 0. The first-order valence-electron chi connectivity index (χ1n) is 8.85. The summed E-state index contributed by atoms with van der Waals surface area (Å²) in [4.78, 5) is 35.5. The second-order valence-electron chi connectivity index (χ2n) is 6.67. The molecular weight excluding hydrogens is 328 g/mol. The number of carbonyl (C=O) groups excluding carboxylic acids is 2. The molecule has 0 aliphatic carbocycles. The van der Waals surface area contributed by atoms with E-state index < -0.39 is 0 Å². The lowest BCUT2D eigenvalue weighted by Crippen LogP contribution is -2.53. The van der Waals surface area contributed by atoms with E-state index in [-0.39, 0.29) is 18.5 Å². The Hall–Kier alpha value is -3.15. The molecule has 3 aliphatic rings. The van der Waals surface area contributed by atoms with E-state index in [4.69, 9.17) is 0 Å². The van der Waals surface area contributed by atoms with Crippen molar-refractivity contribution in [1.29, 1.82) is 0 Å². The van der Waals surface area contributed by atoms with Gasteiger partial charge in [-0.05, 0) is 30.2 Å². The first-order chi connectivity index (χ1) is 12.7. The largest absolute Gasteiger partial charge is 0.330 e. The molecular formula is C20H18N4O2. The number of aliphatic imine (C=N–C) groups is 1. The molecule has 3 aliphatic heterocycles. The maximum absolute atomic E-state index is 13.0. The van der Waals surface area contributed by atoms with Crippen LogP contribution in [0.1, 0.15) is 11.1 Å². The molecule has 0 fully saturated rings. The van der Waals surface area contributed by atoms with Crippen LogP contribution in [-0.4, -0.2) is 48.9 Å². The first kappa shape index (κ1) is 15.1. The van der Waals surface area contributed by atoms with Crippen LogP contribution in [0.15, 0.2) is 53.5 Å². The Labute approximate surface area is 151 Å². The monoisotopic (exact) mass is 346 g/mol. The predicted molar refractivity (Wildman–Crippen MR) is 99.8 cm³/mol. The molecule has 0 atom stereocenters. The third kappa shape index (κ3) is 2.15. The Morgan fingerprint density at radius 2 is 1.77 bits per heavy atom. The van der Waals surface area contributed by atoms with Gasteiger partial charge >= 0.3 is 6.03 Å². The smallest absolute Gasteiger partial charge is 0.310 e. The Bertz CT molecular complexity index is 952. The summed E-state index contributed by atoms with van der Waals surface area (Å²) < 4.78 is 0. The molecule has 5 rings (SSSR count). The van der Waals surface area contributed by atoms with Gasteiger partial charge < -0.3 is 4.90 Å². The Morgan fingerprint density at radius 3 is 2.65 bits per heavy atom. The zero-order chi connectivity index (χ0) is 17.7. The Kier molecular flexibility index (Phi) is 3.31. The van der Waals surface area contributed by atoms with Gasteiger partial charge in [0.25, 0.3) is 0 Å². The van der Waals surface area contributed by atoms with Gasteiger partial charge in [-0.3, -0.25) is 19.6 Å². The van der Waals surface area contributed by atoms with Crippen LogP contribution in [0.5, 0.6) is 0 Å². The molecule has 26 heavy (non-hydrogen) atoms. The zero-order valence-electron chi connectivity index (χ0n) is 14.3. The number of hydrogen-bond acceptors (Lipinski definition) is 3. The van der Waals surface area contributed by atoms with Gasteiger partial charge in [-0.25, -0.2) is 4.79 Å². The lowest BCUT2D eigenvalue weighted by atomic mass is 10.1. The van der Waals surface area contributed by atoms with Crippen LogP contribution in [0.25, 0.3) is 0 Å². The number of hydrogen-bond donors (Lipinski definition) is 0. The van der Waals surface area contributed by atoms with Gasteiger partial charge in [0.05, 0.1) is 12.2 Å². The lowest BCUT2D eigenvalue weighted by molar-refractivity contribution is -0.117. The summed E-state index contributed by atoms with van der Waals surface area (Å²) in [7, 11) is 0. The molecule has 6 nitrogen and oxygen atoms in total. The Balaban J connectivity index is 1.47. The summed E-state index contributed by atoms with van der Waals surface area (Å²) in [6, 6.07) is 15.5. The highest BCUT2D eigenvalue weighted by atomic mass is 16.2. The average Bonchev–Trinajstić information content (AvgIpc) is 3.32. The van der Waals surface area contributed by atoms with Gasteiger partial charge in [0.15, 0.2) is 0 Å². The maximum atomic E-state index is 13.0. The molecule has 0 spiro atoms. The highest BCUT2D eigenvalue weighted by Crippen LogP contribution is 2.32. The van der Waals surface area contributed by atoms with Crippen molar-refractivity contribution in [2.24, 2.45) is 4.99 Å². The van der Waals surface area contributed by atoms with E-state index in [0.29, 0.717) is 19.6 Å². The van der Waals surface area contributed by atoms with Crippen LogP contribution >= 0.6 is 0 Å². The van der Waals surface area contributed by atoms with Crippen LogP contribution in [0.2, 0.25) is 0 Å². The number of amides is 3. The van der Waals surface area contributed by atoms with E-state index in [1.807, 2.05) is 42.5 Å². The van der Waals surface area contributed by atoms with E-state index >= 15 is 0 Å². The minimum atomic E-state index is -0.166. The molecule has 2 aromatic carbocycles. The molecule has 0 saturated heterocycles. The minimum Gasteiger partial charge on any atom is -0.310 e. The van der Waals surface area contributed by atoms with Crippen LogP contribution in [0.3, 0.4) is 0 Å². The third-order valence-electron chi connectivity index (χ3n) is 5.22. The lowest BCUT2D eigenvalue weighted by Gasteiger charge is -2.35. The molecule has 130 valence electrons. The maximum Gasteiger partial charge on any atom is 0.330 e. The molecule has 3 heterocycles. The fourth-order valence-electron chi connectivity index (χ4n) is 3.98. The molecule has 0 N–H and O–H groups in total. The van der Waals surface area contributed by atoms with Crippen molar-refractivity contribution < 1.29 is 9.59 Å². The number of nitrogens with zero attached hydrogens (tertiary/aromatic N) is 4. The molecule has 6 heteroatoms. The second kappa shape index (κ2) is 5.69. The summed E-state index contributed by atoms with van der Waals surface area (Å²) in [6.07, 6.45) is 0.857. The standard InChI is InChI=1S/C20H18N4O2/c25-18(22-11-9-14-5-1-3-7-16(14)22)13-24-17-8-4-2-6-15(17)19-21-10-12-23(19)20(24)26/h1-8H,9-13H2. The number of rotatable bonds is 2. The normalized spacial score (nSPS) is 17.8. The van der Waals surface area contributed by atoms with E-state index in [1.165, 1.54) is 5.56 Å². The average molecular weight is 346 g/mol. The number of benzene rings is 2. The van der Waals surface area contributed by atoms with Crippen LogP contribution in [0.4, 0.5) is 16.2 Å². The van der Waals surface area contributed by atoms with Crippen molar-refractivity contribution in [3.8, 4) is 0 Å². The van der Waals surface area contributed by atoms with Crippen molar-refractivity contribution >= 4 is 29.1 Å². The predicted octanol–water partition coefficient (Wildman–Crippen LogP) is 2.28. The number of anilines is 2. The minimum absolute atomic E-state index is 0.0357. The fourth-order valence-corrected chi connectivity index (χ4v) is 3.98. The number of amidine groups is 1. The molecule has 0 radical (unpaired) electrons. The molecule has 0 bridgehead atoms.